The van der Waals surface area contributed by atoms with E-state index in [0.29, 0.717) is 37.1 Å². The zero-order valence-corrected chi connectivity index (χ0v) is 51.9. The number of carbonyl (C=O) groups is 4. The predicted molar refractivity (Wildman–Crippen MR) is 315 cm³/mol. The molecule has 0 radical (unpaired) electrons. The monoisotopic (exact) mass is 1090 g/mol. The quantitative estimate of drug-likeness (QED) is 0.298. The molecule has 9 aliphatic rings. The average molecular weight is 1090 g/mol. The van der Waals surface area contributed by atoms with E-state index < -0.39 is 5.54 Å². The van der Waals surface area contributed by atoms with Gasteiger partial charge in [-0.05, 0) is 94.1 Å². The van der Waals surface area contributed by atoms with E-state index in [0.717, 1.165) is 123 Å². The first kappa shape index (κ1) is 66.3. The molecule has 6 amide bonds. The fourth-order valence-electron chi connectivity index (χ4n) is 14.4. The lowest BCUT2D eigenvalue weighted by atomic mass is 9.75. The molecule has 0 aromatic heterocycles. The molecule has 0 spiro atoms. The highest BCUT2D eigenvalue weighted by molar-refractivity contribution is 5.96. The van der Waals surface area contributed by atoms with Crippen LogP contribution in [0.15, 0.2) is 4.99 Å². The summed E-state index contributed by atoms with van der Waals surface area (Å²) in [5.41, 5.74) is 6.62. The second-order valence-electron chi connectivity index (χ2n) is 26.4. The number of fused-ring (bicyclic) bond motifs is 3. The summed E-state index contributed by atoms with van der Waals surface area (Å²) in [5.74, 6) is 0.0885. The predicted octanol–water partition coefficient (Wildman–Crippen LogP) is 2.91. The van der Waals surface area contributed by atoms with Crippen LogP contribution in [0.2, 0.25) is 0 Å². The van der Waals surface area contributed by atoms with Gasteiger partial charge < -0.3 is 70.6 Å². The maximum absolute atomic E-state index is 11.8. The Balaban J connectivity index is 0.000000203. The fourth-order valence-corrected chi connectivity index (χ4v) is 14.4. The summed E-state index contributed by atoms with van der Waals surface area (Å²) < 4.78 is 0. The maximum atomic E-state index is 11.8. The number of nitrogens with one attached hydrogen (secondary N) is 3. The number of aliphatic imine (C=N–C) groups is 1. The Morgan fingerprint density at radius 1 is 0.577 bits per heavy atom. The number of nitrogens with zero attached hydrogens (tertiary/aromatic N) is 13. The van der Waals surface area contributed by atoms with Gasteiger partial charge >= 0.3 is 18.1 Å². The molecule has 444 valence electrons. The molecule has 9 heterocycles. The molecule has 0 bridgehead atoms. The molecule has 0 aliphatic carbocycles. The molecule has 21 heteroatoms. The Morgan fingerprint density at radius 2 is 1.03 bits per heavy atom. The first-order valence-corrected chi connectivity index (χ1v) is 28.6. The van der Waals surface area contributed by atoms with E-state index in [2.05, 4.69) is 106 Å². The van der Waals surface area contributed by atoms with E-state index in [1.54, 1.807) is 14.0 Å². The van der Waals surface area contributed by atoms with Gasteiger partial charge in [0.15, 0.2) is 0 Å². The molecule has 9 saturated heterocycles. The normalized spacial score (nSPS) is 37.3. The van der Waals surface area contributed by atoms with E-state index in [9.17, 15) is 19.2 Å². The Labute approximate surface area is 471 Å². The Hall–Kier alpha value is -4.19. The summed E-state index contributed by atoms with van der Waals surface area (Å²) in [7, 11) is 23.8. The van der Waals surface area contributed by atoms with Crippen molar-refractivity contribution in [1.82, 2.24) is 64.9 Å². The molecule has 9 aliphatic heterocycles. The summed E-state index contributed by atoms with van der Waals surface area (Å²) in [6, 6.07) is 2.23. The lowest BCUT2D eigenvalue weighted by molar-refractivity contribution is -0.125. The van der Waals surface area contributed by atoms with Crippen molar-refractivity contribution in [2.45, 2.75) is 115 Å². The maximum Gasteiger partial charge on any atom is 0.319 e. The number of piperidine rings is 6. The highest BCUT2D eigenvalue weighted by Crippen LogP contribution is 2.38. The Morgan fingerprint density at radius 3 is 1.54 bits per heavy atom. The van der Waals surface area contributed by atoms with Crippen molar-refractivity contribution in [3.63, 3.8) is 0 Å². The second-order valence-corrected chi connectivity index (χ2v) is 26.4. The molecular formula is C57H107N17O4. The van der Waals surface area contributed by atoms with Gasteiger partial charge in [0.25, 0.3) is 11.1 Å². The van der Waals surface area contributed by atoms with Gasteiger partial charge in [-0.2, -0.15) is 0 Å². The molecule has 0 aromatic rings. The fraction of sp³-hybridized carbons (Fsp3) is 0.877. The summed E-state index contributed by atoms with van der Waals surface area (Å²) in [6.07, 6.45) is 5.94. The summed E-state index contributed by atoms with van der Waals surface area (Å²) in [4.78, 5) is 78.2. The first-order valence-electron chi connectivity index (χ1n) is 28.6. The van der Waals surface area contributed by atoms with E-state index in [1.165, 1.54) is 13.0 Å². The summed E-state index contributed by atoms with van der Waals surface area (Å²) in [5, 5.41) is 9.73. The lowest BCUT2D eigenvalue weighted by Gasteiger charge is -2.54. The zero-order valence-electron chi connectivity index (χ0n) is 51.9. The minimum atomic E-state index is -0.771. The number of carbonyl (C=O) groups excluding carboxylic acids is 4. The van der Waals surface area contributed by atoms with Gasteiger partial charge in [0, 0.05) is 180 Å². The molecule has 10 unspecified atom stereocenters. The largest absolute Gasteiger partial charge is 0.337 e. The van der Waals surface area contributed by atoms with E-state index in [1.807, 2.05) is 85.7 Å². The number of hydrogen-bond donors (Lipinski definition) is 4. The van der Waals surface area contributed by atoms with Crippen LogP contribution in [0.25, 0.3) is 9.69 Å². The number of ketones is 1. The van der Waals surface area contributed by atoms with Crippen LogP contribution in [-0.4, -0.2) is 303 Å². The third-order valence-electron chi connectivity index (χ3n) is 18.9. The molecule has 10 atom stereocenters. The van der Waals surface area contributed by atoms with E-state index >= 15 is 0 Å². The Kier molecular flexibility index (Phi) is 23.4. The molecule has 9 rings (SSSR count). The van der Waals surface area contributed by atoms with Gasteiger partial charge in [-0.15, -0.1) is 0 Å². The van der Waals surface area contributed by atoms with Crippen molar-refractivity contribution in [3.8, 4) is 0 Å². The SMILES string of the molecule is CN1CC2(C)CNCCC2N(C)C1=O.CN1CCC2N(C)C(=O)N(C)CC2(C)C1.CN1CCC2N(C)C(=O)NCC2(C)C1.CNC1CCN(C)CC1(C)CN.[C-]#[N+]C1(C)CN(C)CCC1=NC.[C-]#[N+]C1(C)CN(C)CCC1=O. The van der Waals surface area contributed by atoms with E-state index in [-0.39, 0.29) is 51.1 Å². The van der Waals surface area contributed by atoms with Crippen LogP contribution in [0.3, 0.4) is 0 Å². The third-order valence-corrected chi connectivity index (χ3v) is 18.9. The van der Waals surface area contributed by atoms with Crippen LogP contribution < -0.4 is 21.7 Å². The van der Waals surface area contributed by atoms with Crippen LogP contribution >= 0.6 is 0 Å². The standard InChI is InChI=1S/C11H21N3O.2C10H19N3O.C9H15N3.C9H21N3.C8H12N2O/c1-11-7-12(2)6-5-9(11)14(4)10(15)13(3)8-11;1-10-6-11-9(14)13(3)8(10)4-5-12(2)7-10;1-10-6-11-5-4-8(10)13(3)9(14)12(2)7-10;1-9(11-3)7-12(4)6-5-8(9)10-2;1-9(6-10)7-12(3)5-4-8(9)11-2;1-8(9-2)6-10(3)5-4-7(8)11/h9H,5-8H2,1-4H3;8H,4-7H2,1-3H3,(H,11,14);8,11H,4-7H2,1-3H3;5-7H2,1-2,4H3;8,11H,4-7,10H2,1-3H3;4-6H2,1,3H3. The molecule has 0 aromatic carbocycles. The summed E-state index contributed by atoms with van der Waals surface area (Å²) in [6.45, 7) is 42.0. The van der Waals surface area contributed by atoms with Gasteiger partial charge in [0.1, 0.15) is 0 Å². The van der Waals surface area contributed by atoms with Gasteiger partial charge in [-0.3, -0.25) is 19.6 Å². The smallest absolute Gasteiger partial charge is 0.319 e. The van der Waals surface area contributed by atoms with Crippen LogP contribution in [0.4, 0.5) is 14.4 Å². The molecule has 78 heavy (non-hydrogen) atoms. The summed E-state index contributed by atoms with van der Waals surface area (Å²) >= 11 is 0. The van der Waals surface area contributed by atoms with E-state index in [4.69, 9.17) is 18.9 Å². The first-order chi connectivity index (χ1) is 36.3. The number of likely N-dealkylation sites (tertiary alicyclic amines) is 5. The molecule has 0 saturated carbocycles. The molecule has 9 fully saturated rings. The molecular weight excluding hydrogens is 987 g/mol. The molecule has 21 nitrogen and oxygen atoms in total. The van der Waals surface area contributed by atoms with Crippen LogP contribution in [0, 0.1) is 34.8 Å². The number of urea groups is 3. The zero-order chi connectivity index (χ0) is 58.8. The highest BCUT2D eigenvalue weighted by Gasteiger charge is 2.50. The second kappa shape index (κ2) is 27.5. The number of likely N-dealkylation sites (N-methyl/N-ethyl adjacent to an activating group) is 2. The van der Waals surface area contributed by atoms with Crippen LogP contribution in [0.1, 0.15) is 80.1 Å². The van der Waals surface area contributed by atoms with Crippen molar-refractivity contribution in [2.24, 2.45) is 32.4 Å². The van der Waals surface area contributed by atoms with Crippen molar-refractivity contribution in [3.05, 3.63) is 22.8 Å². The number of amides is 6. The van der Waals surface area contributed by atoms with Crippen molar-refractivity contribution >= 4 is 29.6 Å². The van der Waals surface area contributed by atoms with Crippen LogP contribution in [-0.2, 0) is 4.79 Å². The van der Waals surface area contributed by atoms with Crippen LogP contribution in [0.5, 0.6) is 0 Å². The third kappa shape index (κ3) is 15.8. The van der Waals surface area contributed by atoms with Gasteiger partial charge in [-0.1, -0.05) is 27.7 Å². The van der Waals surface area contributed by atoms with Gasteiger partial charge in [0.2, 0.25) is 5.78 Å². The average Bonchev–Trinajstić information content (AvgIpc) is 3.38. The number of hydrogen-bond acceptors (Lipinski definition) is 13. The number of rotatable bonds is 2. The highest BCUT2D eigenvalue weighted by atomic mass is 16.2. The number of Topliss-reactive ketones (excluding diaryl/α,β-unsaturated/α-hetero) is 1. The van der Waals surface area contributed by atoms with Gasteiger partial charge in [0.05, 0.1) is 18.8 Å². The van der Waals surface area contributed by atoms with Crippen molar-refractivity contribution in [2.75, 3.05) is 189 Å². The Bertz CT molecular complexity index is 2150. The molecule has 5 N–H and O–H groups in total. The topological polar surface area (TPSA) is 184 Å². The number of nitrogens with two attached hydrogens (primary N) is 1. The van der Waals surface area contributed by atoms with Crippen molar-refractivity contribution in [1.29, 1.82) is 0 Å². The van der Waals surface area contributed by atoms with Gasteiger partial charge in [-0.25, -0.2) is 27.5 Å². The van der Waals surface area contributed by atoms with Crippen molar-refractivity contribution < 1.29 is 19.2 Å². The minimum Gasteiger partial charge on any atom is -0.337 e. The lowest BCUT2D eigenvalue weighted by Crippen LogP contribution is -2.66. The minimum absolute atomic E-state index is 0.0806.